The lowest BCUT2D eigenvalue weighted by atomic mass is 10.0. The highest BCUT2D eigenvalue weighted by atomic mass is 14.8. The monoisotopic (exact) mass is 399 g/mol. The van der Waals surface area contributed by atoms with Crippen LogP contribution in [0, 0.1) is 6.92 Å². The Kier molecular flexibility index (Phi) is 5.07. The predicted octanol–water partition coefficient (Wildman–Crippen LogP) is 6.85. The summed E-state index contributed by atoms with van der Waals surface area (Å²) in [7, 11) is 0. The topological polar surface area (TPSA) is 38.7 Å². The molecule has 0 spiro atoms. The van der Waals surface area contributed by atoms with Crippen LogP contribution in [-0.4, -0.2) is 15.0 Å². The van der Waals surface area contributed by atoms with Crippen molar-refractivity contribution in [2.75, 3.05) is 0 Å². The molecule has 0 aliphatic rings. The molecule has 0 radical (unpaired) electrons. The van der Waals surface area contributed by atoms with Crippen LogP contribution in [0.2, 0.25) is 0 Å². The molecule has 0 N–H and O–H groups in total. The van der Waals surface area contributed by atoms with E-state index in [1.165, 1.54) is 0 Å². The van der Waals surface area contributed by atoms with Gasteiger partial charge >= 0.3 is 0 Å². The molecule has 0 saturated carbocycles. The third kappa shape index (κ3) is 4.12. The molecule has 0 aliphatic heterocycles. The van der Waals surface area contributed by atoms with Crippen molar-refractivity contribution >= 4 is 0 Å². The molecule has 0 atom stereocenters. The lowest BCUT2D eigenvalue weighted by molar-refractivity contribution is 1.23. The highest BCUT2D eigenvalue weighted by Gasteiger charge is 2.08. The van der Waals surface area contributed by atoms with Crippen molar-refractivity contribution in [3.05, 3.63) is 115 Å². The second kappa shape index (κ2) is 8.33. The lowest BCUT2D eigenvalue weighted by Gasteiger charge is -2.09. The van der Waals surface area contributed by atoms with Crippen molar-refractivity contribution in [3.63, 3.8) is 0 Å². The molecule has 2 aromatic carbocycles. The minimum absolute atomic E-state index is 0.870. The van der Waals surface area contributed by atoms with Gasteiger partial charge in [0.25, 0.3) is 0 Å². The lowest BCUT2D eigenvalue weighted by Crippen LogP contribution is -1.93. The minimum atomic E-state index is 0.870. The molecule has 3 heteroatoms. The summed E-state index contributed by atoms with van der Waals surface area (Å²) in [4.78, 5) is 14.0. The van der Waals surface area contributed by atoms with Gasteiger partial charge in [0.1, 0.15) is 0 Å². The number of benzene rings is 2. The van der Waals surface area contributed by atoms with Gasteiger partial charge in [0.2, 0.25) is 0 Å². The van der Waals surface area contributed by atoms with E-state index in [-0.39, 0.29) is 0 Å². The Balaban J connectivity index is 1.45. The van der Waals surface area contributed by atoms with Crippen molar-refractivity contribution < 1.29 is 0 Å². The molecule has 3 nitrogen and oxygen atoms in total. The van der Waals surface area contributed by atoms with Crippen LogP contribution in [0.4, 0.5) is 0 Å². The summed E-state index contributed by atoms with van der Waals surface area (Å²) >= 11 is 0. The molecule has 0 saturated heterocycles. The maximum absolute atomic E-state index is 4.90. The van der Waals surface area contributed by atoms with E-state index < -0.39 is 0 Å². The van der Waals surface area contributed by atoms with Crippen molar-refractivity contribution in [1.29, 1.82) is 0 Å². The maximum atomic E-state index is 4.90. The number of hydrogen-bond donors (Lipinski definition) is 0. The minimum Gasteiger partial charge on any atom is -0.256 e. The van der Waals surface area contributed by atoms with E-state index >= 15 is 0 Å². The van der Waals surface area contributed by atoms with Crippen LogP contribution in [0.15, 0.2) is 109 Å². The average molecular weight is 399 g/mol. The molecule has 0 fully saturated rings. The van der Waals surface area contributed by atoms with Crippen LogP contribution >= 0.6 is 0 Å². The number of aryl methyl sites for hydroxylation is 1. The van der Waals surface area contributed by atoms with Gasteiger partial charge in [-0.1, -0.05) is 66.7 Å². The van der Waals surface area contributed by atoms with Crippen LogP contribution in [0.5, 0.6) is 0 Å². The van der Waals surface area contributed by atoms with Crippen LogP contribution in [0.25, 0.3) is 45.0 Å². The molecule has 5 aromatic rings. The second-order valence-corrected chi connectivity index (χ2v) is 7.51. The Bertz CT molecular complexity index is 1190. The van der Waals surface area contributed by atoms with E-state index in [2.05, 4.69) is 71.5 Å². The largest absolute Gasteiger partial charge is 0.256 e. The Morgan fingerprint density at radius 1 is 0.484 bits per heavy atom. The summed E-state index contributed by atoms with van der Waals surface area (Å²) in [5.41, 5.74) is 9.24. The van der Waals surface area contributed by atoms with E-state index in [0.717, 1.165) is 50.6 Å². The van der Waals surface area contributed by atoms with Crippen molar-refractivity contribution in [3.8, 4) is 45.0 Å². The summed E-state index contributed by atoms with van der Waals surface area (Å²) in [6.45, 7) is 2.09. The zero-order valence-electron chi connectivity index (χ0n) is 17.2. The summed E-state index contributed by atoms with van der Waals surface area (Å²) in [6, 6.07) is 32.9. The van der Waals surface area contributed by atoms with Crippen molar-refractivity contribution in [2.24, 2.45) is 0 Å². The third-order valence-corrected chi connectivity index (χ3v) is 5.24. The van der Waals surface area contributed by atoms with Gasteiger partial charge < -0.3 is 0 Å². The zero-order valence-corrected chi connectivity index (χ0v) is 17.2. The molecule has 0 aliphatic carbocycles. The zero-order chi connectivity index (χ0) is 21.0. The Hall–Kier alpha value is -4.11. The highest BCUT2D eigenvalue weighted by Crippen LogP contribution is 2.27. The standard InChI is InChI=1S/C28H21N3/c1-20-17-27(23-12-10-22(11-13-23)25-9-5-6-16-29-25)31-28(18-20)26-15-14-24(19-30-26)21-7-3-2-4-8-21/h2-19H,1H3. The number of nitrogens with zero attached hydrogens (tertiary/aromatic N) is 3. The fourth-order valence-corrected chi connectivity index (χ4v) is 3.64. The van der Waals surface area contributed by atoms with E-state index in [1.54, 1.807) is 0 Å². The SMILES string of the molecule is Cc1cc(-c2ccc(-c3ccccn3)cc2)nc(-c2ccc(-c3ccccc3)cn2)c1. The average Bonchev–Trinajstić information content (AvgIpc) is 2.85. The first-order valence-corrected chi connectivity index (χ1v) is 10.3. The van der Waals surface area contributed by atoms with E-state index in [4.69, 9.17) is 4.98 Å². The van der Waals surface area contributed by atoms with Gasteiger partial charge in [0.05, 0.1) is 22.8 Å². The van der Waals surface area contributed by atoms with Gasteiger partial charge in [-0.2, -0.15) is 0 Å². The highest BCUT2D eigenvalue weighted by molar-refractivity contribution is 5.70. The summed E-state index contributed by atoms with van der Waals surface area (Å²) in [6.07, 6.45) is 3.73. The molecule has 0 unspecified atom stereocenters. The molecule has 0 amide bonds. The van der Waals surface area contributed by atoms with Crippen molar-refractivity contribution in [1.82, 2.24) is 15.0 Å². The molecule has 5 rings (SSSR count). The van der Waals surface area contributed by atoms with Gasteiger partial charge in [-0.15, -0.1) is 0 Å². The molecule has 3 aromatic heterocycles. The predicted molar refractivity (Wildman–Crippen MR) is 126 cm³/mol. The van der Waals surface area contributed by atoms with Crippen LogP contribution < -0.4 is 0 Å². The van der Waals surface area contributed by atoms with Crippen molar-refractivity contribution in [2.45, 2.75) is 6.92 Å². The number of aromatic nitrogens is 3. The fraction of sp³-hybridized carbons (Fsp3) is 0.0357. The fourth-order valence-electron chi connectivity index (χ4n) is 3.64. The number of rotatable bonds is 4. The second-order valence-electron chi connectivity index (χ2n) is 7.51. The molecule has 148 valence electrons. The van der Waals surface area contributed by atoms with Gasteiger partial charge in [-0.3, -0.25) is 9.97 Å². The van der Waals surface area contributed by atoms with Crippen LogP contribution in [0.3, 0.4) is 0 Å². The van der Waals surface area contributed by atoms with Gasteiger partial charge in [-0.05, 0) is 48.4 Å². The Morgan fingerprint density at radius 2 is 1.16 bits per heavy atom. The smallest absolute Gasteiger partial charge is 0.0896 e. The summed E-state index contributed by atoms with van der Waals surface area (Å²) < 4.78 is 0. The molecule has 31 heavy (non-hydrogen) atoms. The molecular formula is C28H21N3. The van der Waals surface area contributed by atoms with Gasteiger partial charge in [0, 0.05) is 29.1 Å². The normalized spacial score (nSPS) is 10.7. The molecule has 0 bridgehead atoms. The first kappa shape index (κ1) is 18.9. The number of hydrogen-bond acceptors (Lipinski definition) is 3. The number of pyridine rings is 3. The summed E-state index contributed by atoms with van der Waals surface area (Å²) in [5.74, 6) is 0. The quantitative estimate of drug-likeness (QED) is 0.332. The van der Waals surface area contributed by atoms with E-state index in [0.29, 0.717) is 0 Å². The summed E-state index contributed by atoms with van der Waals surface area (Å²) in [5, 5.41) is 0. The van der Waals surface area contributed by atoms with Gasteiger partial charge in [0.15, 0.2) is 0 Å². The van der Waals surface area contributed by atoms with Crippen LogP contribution in [-0.2, 0) is 0 Å². The van der Waals surface area contributed by atoms with Gasteiger partial charge in [-0.25, -0.2) is 4.98 Å². The Morgan fingerprint density at radius 3 is 1.84 bits per heavy atom. The third-order valence-electron chi connectivity index (χ3n) is 5.24. The maximum Gasteiger partial charge on any atom is 0.0896 e. The van der Waals surface area contributed by atoms with E-state index in [1.807, 2.05) is 54.9 Å². The molecular weight excluding hydrogens is 378 g/mol. The Labute approximate surface area is 182 Å². The molecule has 3 heterocycles. The first-order chi connectivity index (χ1) is 15.3. The van der Waals surface area contributed by atoms with E-state index in [9.17, 15) is 0 Å². The van der Waals surface area contributed by atoms with Crippen LogP contribution in [0.1, 0.15) is 5.56 Å². The first-order valence-electron chi connectivity index (χ1n) is 10.3.